The van der Waals surface area contributed by atoms with E-state index in [0.29, 0.717) is 12.4 Å². The summed E-state index contributed by atoms with van der Waals surface area (Å²) in [4.78, 5) is 23.5. The van der Waals surface area contributed by atoms with Crippen molar-refractivity contribution in [2.24, 2.45) is 0 Å². The summed E-state index contributed by atoms with van der Waals surface area (Å²) in [6, 6.07) is 20.9. The first-order valence-corrected chi connectivity index (χ1v) is 9.66. The smallest absolute Gasteiger partial charge is 0.408 e. The van der Waals surface area contributed by atoms with Gasteiger partial charge in [0.2, 0.25) is 0 Å². The molecule has 0 fully saturated rings. The van der Waals surface area contributed by atoms with Gasteiger partial charge in [0.15, 0.2) is 0 Å². The maximum absolute atomic E-state index is 12.9. The summed E-state index contributed by atoms with van der Waals surface area (Å²) in [6.45, 7) is 0.290. The Balaban J connectivity index is 1.45. The van der Waals surface area contributed by atoms with Crippen molar-refractivity contribution in [1.82, 2.24) is 5.32 Å². The van der Waals surface area contributed by atoms with Crippen LogP contribution in [-0.4, -0.2) is 23.2 Å². The van der Waals surface area contributed by atoms with E-state index >= 15 is 0 Å². The van der Waals surface area contributed by atoms with Gasteiger partial charge in [-0.1, -0.05) is 54.6 Å². The predicted octanol–water partition coefficient (Wildman–Crippen LogP) is 4.33. The second-order valence-electron chi connectivity index (χ2n) is 6.86. The Morgan fingerprint density at radius 1 is 0.839 bits per heavy atom. The standard InChI is InChI=1S/C24H22FNO5/c25-20-10-6-18(7-11-20)15-30-21-12-8-19(9-13-21)16-31-24(29)26-22(23(27)28)14-17-4-2-1-3-5-17/h1-13,22H,14-16H2,(H,26,29)(H,27,28). The van der Waals surface area contributed by atoms with Gasteiger partial charge in [-0.05, 0) is 41.0 Å². The molecule has 0 radical (unpaired) electrons. The van der Waals surface area contributed by atoms with Crippen LogP contribution in [0.2, 0.25) is 0 Å². The predicted molar refractivity (Wildman–Crippen MR) is 112 cm³/mol. The number of carbonyl (C=O) groups excluding carboxylic acids is 1. The van der Waals surface area contributed by atoms with Crippen molar-refractivity contribution in [2.75, 3.05) is 0 Å². The van der Waals surface area contributed by atoms with E-state index in [-0.39, 0.29) is 18.8 Å². The van der Waals surface area contributed by atoms with Gasteiger partial charge in [0.1, 0.15) is 30.8 Å². The van der Waals surface area contributed by atoms with Gasteiger partial charge < -0.3 is 19.9 Å². The second-order valence-corrected chi connectivity index (χ2v) is 6.86. The van der Waals surface area contributed by atoms with Crippen LogP contribution in [-0.2, 0) is 29.2 Å². The average Bonchev–Trinajstić information content (AvgIpc) is 2.78. The lowest BCUT2D eigenvalue weighted by molar-refractivity contribution is -0.139. The quantitative estimate of drug-likeness (QED) is 0.535. The van der Waals surface area contributed by atoms with Crippen molar-refractivity contribution in [1.29, 1.82) is 0 Å². The minimum Gasteiger partial charge on any atom is -0.489 e. The number of carbonyl (C=O) groups is 2. The molecule has 6 nitrogen and oxygen atoms in total. The molecule has 0 heterocycles. The fourth-order valence-corrected chi connectivity index (χ4v) is 2.81. The van der Waals surface area contributed by atoms with Gasteiger partial charge in [-0.15, -0.1) is 0 Å². The molecule has 3 rings (SSSR count). The molecule has 0 spiro atoms. The first kappa shape index (κ1) is 21.8. The highest BCUT2D eigenvalue weighted by molar-refractivity contribution is 5.80. The van der Waals surface area contributed by atoms with Crippen LogP contribution in [0.25, 0.3) is 0 Å². The van der Waals surface area contributed by atoms with E-state index in [1.54, 1.807) is 60.7 Å². The highest BCUT2D eigenvalue weighted by atomic mass is 19.1. The topological polar surface area (TPSA) is 84.9 Å². The van der Waals surface area contributed by atoms with E-state index in [9.17, 15) is 19.1 Å². The van der Waals surface area contributed by atoms with Crippen molar-refractivity contribution < 1.29 is 28.6 Å². The summed E-state index contributed by atoms with van der Waals surface area (Å²) in [6.07, 6.45) is -0.647. The Kier molecular flexibility index (Phi) is 7.59. The van der Waals surface area contributed by atoms with Crippen LogP contribution < -0.4 is 10.1 Å². The van der Waals surface area contributed by atoms with Crippen molar-refractivity contribution >= 4 is 12.1 Å². The van der Waals surface area contributed by atoms with Crippen molar-refractivity contribution in [3.63, 3.8) is 0 Å². The minimum atomic E-state index is -1.14. The monoisotopic (exact) mass is 423 g/mol. The number of carboxylic acid groups (broad SMARTS) is 1. The van der Waals surface area contributed by atoms with Crippen LogP contribution in [0.1, 0.15) is 16.7 Å². The zero-order valence-corrected chi connectivity index (χ0v) is 16.7. The summed E-state index contributed by atoms with van der Waals surface area (Å²) in [7, 11) is 0. The van der Waals surface area contributed by atoms with E-state index in [1.807, 2.05) is 6.07 Å². The van der Waals surface area contributed by atoms with E-state index in [0.717, 1.165) is 16.7 Å². The van der Waals surface area contributed by atoms with E-state index in [4.69, 9.17) is 9.47 Å². The molecule has 0 saturated carbocycles. The van der Waals surface area contributed by atoms with Gasteiger partial charge in [0.25, 0.3) is 0 Å². The van der Waals surface area contributed by atoms with Gasteiger partial charge in [-0.3, -0.25) is 0 Å². The lowest BCUT2D eigenvalue weighted by atomic mass is 10.1. The number of benzene rings is 3. The number of ether oxygens (including phenoxy) is 2. The summed E-state index contributed by atoms with van der Waals surface area (Å²) >= 11 is 0. The molecular formula is C24H22FNO5. The van der Waals surface area contributed by atoms with E-state index in [1.165, 1.54) is 12.1 Å². The van der Waals surface area contributed by atoms with E-state index in [2.05, 4.69) is 5.32 Å². The van der Waals surface area contributed by atoms with E-state index < -0.39 is 18.1 Å². The van der Waals surface area contributed by atoms with Gasteiger partial charge in [-0.25, -0.2) is 14.0 Å². The summed E-state index contributed by atoms with van der Waals surface area (Å²) in [5.41, 5.74) is 2.36. The Labute approximate surface area is 179 Å². The van der Waals surface area contributed by atoms with Crippen LogP contribution >= 0.6 is 0 Å². The lowest BCUT2D eigenvalue weighted by Gasteiger charge is -2.15. The zero-order valence-electron chi connectivity index (χ0n) is 16.7. The number of hydrogen-bond acceptors (Lipinski definition) is 4. The Hall–Kier alpha value is -3.87. The third kappa shape index (κ3) is 7.15. The fraction of sp³-hybridized carbons (Fsp3) is 0.167. The van der Waals surface area contributed by atoms with Crippen molar-refractivity contribution in [3.8, 4) is 5.75 Å². The van der Waals surface area contributed by atoms with Crippen LogP contribution in [0.3, 0.4) is 0 Å². The molecule has 160 valence electrons. The first-order chi connectivity index (χ1) is 15.0. The molecular weight excluding hydrogens is 401 g/mol. The molecule has 31 heavy (non-hydrogen) atoms. The van der Waals surface area contributed by atoms with Gasteiger partial charge in [0.05, 0.1) is 0 Å². The van der Waals surface area contributed by atoms with Crippen LogP contribution in [0, 0.1) is 5.82 Å². The van der Waals surface area contributed by atoms with Gasteiger partial charge >= 0.3 is 12.1 Å². The number of halogens is 1. The average molecular weight is 423 g/mol. The third-order valence-corrected chi connectivity index (χ3v) is 4.48. The molecule has 0 aliphatic carbocycles. The van der Waals surface area contributed by atoms with Crippen LogP contribution in [0.4, 0.5) is 9.18 Å². The number of hydrogen-bond donors (Lipinski definition) is 2. The van der Waals surface area contributed by atoms with Gasteiger partial charge in [-0.2, -0.15) is 0 Å². The molecule has 0 bridgehead atoms. The molecule has 3 aromatic carbocycles. The number of carboxylic acids is 1. The highest BCUT2D eigenvalue weighted by Crippen LogP contribution is 2.15. The Morgan fingerprint density at radius 2 is 1.45 bits per heavy atom. The lowest BCUT2D eigenvalue weighted by Crippen LogP contribution is -2.42. The summed E-state index contributed by atoms with van der Waals surface area (Å²) in [5, 5.41) is 11.7. The molecule has 0 aliphatic rings. The number of aliphatic carboxylic acids is 1. The molecule has 3 aromatic rings. The van der Waals surface area contributed by atoms with Crippen LogP contribution in [0.15, 0.2) is 78.9 Å². The second kappa shape index (κ2) is 10.8. The number of alkyl carbamates (subject to hydrolysis) is 1. The van der Waals surface area contributed by atoms with Crippen LogP contribution in [0.5, 0.6) is 5.75 Å². The fourth-order valence-electron chi connectivity index (χ4n) is 2.81. The van der Waals surface area contributed by atoms with Crippen molar-refractivity contribution in [3.05, 3.63) is 101 Å². The normalized spacial score (nSPS) is 11.4. The Morgan fingerprint density at radius 3 is 2.10 bits per heavy atom. The van der Waals surface area contributed by atoms with Gasteiger partial charge in [0, 0.05) is 6.42 Å². The molecule has 1 atom stereocenters. The largest absolute Gasteiger partial charge is 0.489 e. The molecule has 7 heteroatoms. The third-order valence-electron chi connectivity index (χ3n) is 4.48. The molecule has 1 amide bonds. The zero-order chi connectivity index (χ0) is 22.1. The minimum absolute atomic E-state index is 0.0122. The molecule has 0 aromatic heterocycles. The molecule has 1 unspecified atom stereocenters. The summed E-state index contributed by atoms with van der Waals surface area (Å²) < 4.78 is 23.7. The SMILES string of the molecule is O=C(NC(Cc1ccccc1)C(=O)O)OCc1ccc(OCc2ccc(F)cc2)cc1. The number of nitrogens with one attached hydrogen (secondary N) is 1. The Bertz CT molecular complexity index is 991. The highest BCUT2D eigenvalue weighted by Gasteiger charge is 2.21. The maximum atomic E-state index is 12.9. The molecule has 0 saturated heterocycles. The molecule has 2 N–H and O–H groups in total. The summed E-state index contributed by atoms with van der Waals surface area (Å²) in [5.74, 6) is -0.818. The number of amides is 1. The first-order valence-electron chi connectivity index (χ1n) is 9.66. The molecule has 0 aliphatic heterocycles. The van der Waals surface area contributed by atoms with Crippen molar-refractivity contribution in [2.45, 2.75) is 25.7 Å². The maximum Gasteiger partial charge on any atom is 0.408 e. The number of rotatable bonds is 9.